The minimum absolute atomic E-state index is 0.0934. The Morgan fingerprint density at radius 1 is 1.35 bits per heavy atom. The normalized spacial score (nSPS) is 18.0. The topological polar surface area (TPSA) is 72.5 Å². The average molecular weight is 339 g/mol. The number of rotatable bonds is 5. The second-order valence-electron chi connectivity index (χ2n) is 7.00. The summed E-state index contributed by atoms with van der Waals surface area (Å²) in [5.74, 6) is 0.858. The molecule has 0 unspecified atom stereocenters. The van der Waals surface area contributed by atoms with Crippen LogP contribution in [-0.4, -0.2) is 26.1 Å². The van der Waals surface area contributed by atoms with E-state index in [0.29, 0.717) is 30.7 Å². The Balaban J connectivity index is 2.14. The van der Waals surface area contributed by atoms with Gasteiger partial charge in [0.2, 0.25) is 10.0 Å². The highest BCUT2D eigenvalue weighted by atomic mass is 32.2. The molecule has 0 spiro atoms. The first kappa shape index (κ1) is 17.8. The monoisotopic (exact) mass is 339 g/mol. The number of hydrogen-bond acceptors (Lipinski definition) is 4. The summed E-state index contributed by atoms with van der Waals surface area (Å²) in [5, 5.41) is 0. The van der Waals surface area contributed by atoms with Crippen molar-refractivity contribution in [2.24, 2.45) is 5.41 Å². The molecule has 0 amide bonds. The molecule has 128 valence electrons. The quantitative estimate of drug-likeness (QED) is 0.894. The number of ether oxygens (including phenoxy) is 1. The Hall–Kier alpha value is -1.56. The summed E-state index contributed by atoms with van der Waals surface area (Å²) in [5.41, 5.74) is 1.04. The lowest BCUT2D eigenvalue weighted by molar-refractivity contribution is -0.134. The highest BCUT2D eigenvalue weighted by Gasteiger charge is 2.33. The zero-order valence-corrected chi connectivity index (χ0v) is 15.0. The van der Waals surface area contributed by atoms with E-state index >= 15 is 0 Å². The third-order valence-electron chi connectivity index (χ3n) is 3.78. The van der Waals surface area contributed by atoms with Crippen molar-refractivity contribution in [1.82, 2.24) is 0 Å². The Morgan fingerprint density at radius 3 is 2.65 bits per heavy atom. The molecule has 0 radical (unpaired) electrons. The number of nitrogens with one attached hydrogen (secondary N) is 1. The van der Waals surface area contributed by atoms with Gasteiger partial charge in [-0.1, -0.05) is 27.7 Å². The molecular weight excluding hydrogens is 314 g/mol. The van der Waals surface area contributed by atoms with E-state index < -0.39 is 21.5 Å². The van der Waals surface area contributed by atoms with Crippen molar-refractivity contribution in [3.63, 3.8) is 0 Å². The second-order valence-corrected chi connectivity index (χ2v) is 8.84. The van der Waals surface area contributed by atoms with Crippen molar-refractivity contribution in [1.29, 1.82) is 0 Å². The van der Waals surface area contributed by atoms with E-state index in [0.717, 1.165) is 5.56 Å². The largest absolute Gasteiger partial charge is 0.482 e. The molecule has 0 saturated heterocycles. The van der Waals surface area contributed by atoms with Gasteiger partial charge in [0.1, 0.15) is 5.75 Å². The molecule has 1 heterocycles. The van der Waals surface area contributed by atoms with E-state index in [1.165, 1.54) is 0 Å². The maximum absolute atomic E-state index is 12.3. The number of carbonyl (C=O) groups is 1. The van der Waals surface area contributed by atoms with Crippen LogP contribution in [0.3, 0.4) is 0 Å². The molecule has 1 aliphatic rings. The number of ketones is 1. The summed E-state index contributed by atoms with van der Waals surface area (Å²) in [6.07, 6.45) is 1.46. The van der Waals surface area contributed by atoms with Crippen molar-refractivity contribution in [2.75, 3.05) is 10.5 Å². The SMILES string of the molecule is CCCS(=O)(=O)Nc1ccc2c(c1)CC[C@@H](C(=O)C(C)(C)C)O2. The molecule has 1 N–H and O–H groups in total. The van der Waals surface area contributed by atoms with Gasteiger partial charge in [0.15, 0.2) is 11.9 Å². The number of benzene rings is 1. The Labute approximate surface area is 138 Å². The van der Waals surface area contributed by atoms with Crippen LogP contribution in [0, 0.1) is 5.41 Å². The molecule has 1 aromatic rings. The van der Waals surface area contributed by atoms with Crippen molar-refractivity contribution < 1.29 is 17.9 Å². The highest BCUT2D eigenvalue weighted by Crippen LogP contribution is 2.33. The van der Waals surface area contributed by atoms with Gasteiger partial charge >= 0.3 is 0 Å². The average Bonchev–Trinajstić information content (AvgIpc) is 2.44. The number of carbonyl (C=O) groups excluding carboxylic acids is 1. The van der Waals surface area contributed by atoms with E-state index in [1.807, 2.05) is 27.7 Å². The molecule has 0 aliphatic carbocycles. The van der Waals surface area contributed by atoms with Crippen molar-refractivity contribution in [3.8, 4) is 5.75 Å². The van der Waals surface area contributed by atoms with Crippen LogP contribution >= 0.6 is 0 Å². The molecule has 0 fully saturated rings. The van der Waals surface area contributed by atoms with Gasteiger partial charge in [-0.05, 0) is 43.0 Å². The summed E-state index contributed by atoms with van der Waals surface area (Å²) in [6, 6.07) is 5.21. The lowest BCUT2D eigenvalue weighted by atomic mass is 9.85. The molecule has 1 aromatic carbocycles. The molecular formula is C17H25NO4S. The van der Waals surface area contributed by atoms with Crippen LogP contribution in [0.4, 0.5) is 5.69 Å². The van der Waals surface area contributed by atoms with Crippen LogP contribution in [0.2, 0.25) is 0 Å². The van der Waals surface area contributed by atoms with Gasteiger partial charge < -0.3 is 4.74 Å². The number of sulfonamides is 1. The predicted molar refractivity (Wildman–Crippen MR) is 91.3 cm³/mol. The van der Waals surface area contributed by atoms with Crippen LogP contribution in [-0.2, 0) is 21.2 Å². The lowest BCUT2D eigenvalue weighted by Crippen LogP contribution is -2.38. The third-order valence-corrected chi connectivity index (χ3v) is 5.28. The maximum atomic E-state index is 12.3. The van der Waals surface area contributed by atoms with Gasteiger partial charge in [-0.3, -0.25) is 9.52 Å². The summed E-state index contributed by atoms with van der Waals surface area (Å²) < 4.78 is 32.1. The van der Waals surface area contributed by atoms with Crippen LogP contribution in [0.5, 0.6) is 5.75 Å². The summed E-state index contributed by atoms with van der Waals surface area (Å²) in [4.78, 5) is 12.3. The first-order chi connectivity index (χ1) is 10.6. The van der Waals surface area contributed by atoms with Crippen molar-refractivity contribution in [2.45, 2.75) is 53.1 Å². The standard InChI is InChI=1S/C17H25NO4S/c1-5-10-23(20,21)18-13-7-9-14-12(11-13)6-8-15(22-14)16(19)17(2,3)4/h7,9,11,15,18H,5-6,8,10H2,1-4H3/t15-/m0/s1. The Morgan fingerprint density at radius 2 is 2.04 bits per heavy atom. The Kier molecular flexibility index (Phi) is 5.04. The van der Waals surface area contributed by atoms with E-state index in [4.69, 9.17) is 4.74 Å². The summed E-state index contributed by atoms with van der Waals surface area (Å²) in [7, 11) is -3.30. The van der Waals surface area contributed by atoms with Gasteiger partial charge in [-0.2, -0.15) is 0 Å². The predicted octanol–water partition coefficient (Wildman–Crippen LogP) is 3.15. The van der Waals surface area contributed by atoms with E-state index in [9.17, 15) is 13.2 Å². The van der Waals surface area contributed by atoms with Gasteiger partial charge in [-0.15, -0.1) is 0 Å². The molecule has 1 aliphatic heterocycles. The zero-order valence-electron chi connectivity index (χ0n) is 14.2. The van der Waals surface area contributed by atoms with Crippen molar-refractivity contribution >= 4 is 21.5 Å². The third kappa shape index (κ3) is 4.47. The van der Waals surface area contributed by atoms with Crippen LogP contribution in [0.15, 0.2) is 18.2 Å². The van der Waals surface area contributed by atoms with Gasteiger partial charge in [-0.25, -0.2) is 8.42 Å². The highest BCUT2D eigenvalue weighted by molar-refractivity contribution is 7.92. The lowest BCUT2D eigenvalue weighted by Gasteiger charge is -2.30. The number of aryl methyl sites for hydroxylation is 1. The zero-order chi connectivity index (χ0) is 17.3. The smallest absolute Gasteiger partial charge is 0.232 e. The van der Waals surface area contributed by atoms with Gasteiger partial charge in [0.25, 0.3) is 0 Å². The number of Topliss-reactive ketones (excluding diaryl/α,β-unsaturated/α-hetero) is 1. The molecule has 0 saturated carbocycles. The summed E-state index contributed by atoms with van der Waals surface area (Å²) in [6.45, 7) is 7.49. The van der Waals surface area contributed by atoms with Gasteiger partial charge in [0.05, 0.1) is 5.75 Å². The van der Waals surface area contributed by atoms with E-state index in [1.54, 1.807) is 18.2 Å². The number of anilines is 1. The first-order valence-electron chi connectivity index (χ1n) is 7.97. The molecule has 0 aromatic heterocycles. The Bertz CT molecular complexity index is 689. The maximum Gasteiger partial charge on any atom is 0.232 e. The van der Waals surface area contributed by atoms with Gasteiger partial charge in [0, 0.05) is 11.1 Å². The van der Waals surface area contributed by atoms with E-state index in [-0.39, 0.29) is 11.5 Å². The molecule has 1 atom stereocenters. The van der Waals surface area contributed by atoms with Crippen molar-refractivity contribution in [3.05, 3.63) is 23.8 Å². The second kappa shape index (κ2) is 6.51. The molecule has 0 bridgehead atoms. The van der Waals surface area contributed by atoms with Crippen LogP contribution in [0.1, 0.15) is 46.1 Å². The molecule has 6 heteroatoms. The van der Waals surface area contributed by atoms with Crippen LogP contribution in [0.25, 0.3) is 0 Å². The number of fused-ring (bicyclic) bond motifs is 1. The molecule has 5 nitrogen and oxygen atoms in total. The number of hydrogen-bond donors (Lipinski definition) is 1. The molecule has 2 rings (SSSR count). The fourth-order valence-corrected chi connectivity index (χ4v) is 3.74. The molecule has 23 heavy (non-hydrogen) atoms. The minimum Gasteiger partial charge on any atom is -0.482 e. The summed E-state index contributed by atoms with van der Waals surface area (Å²) >= 11 is 0. The first-order valence-corrected chi connectivity index (χ1v) is 9.62. The van der Waals surface area contributed by atoms with E-state index in [2.05, 4.69) is 4.72 Å². The van der Waals surface area contributed by atoms with Crippen LogP contribution < -0.4 is 9.46 Å². The minimum atomic E-state index is -3.30. The fourth-order valence-electron chi connectivity index (χ4n) is 2.62. The fraction of sp³-hybridized carbons (Fsp3) is 0.588.